The van der Waals surface area contributed by atoms with Crippen LogP contribution in [0.25, 0.3) is 10.2 Å². The van der Waals surface area contributed by atoms with Crippen molar-refractivity contribution in [3.8, 4) is 0 Å². The van der Waals surface area contributed by atoms with Gasteiger partial charge in [-0.15, -0.1) is 11.3 Å². The number of fused-ring (bicyclic) bond motifs is 1. The Hall–Kier alpha value is -1.37. The zero-order valence-electron chi connectivity index (χ0n) is 8.30. The Morgan fingerprint density at radius 2 is 2.12 bits per heavy atom. The standard InChI is InChI=1S/C9H8F3N3S/c1-5-2-16-7-6(5)14-4-15-8(7)13-3-9(10,11)12/h2,4H,3H2,1H3,(H,13,14,15). The minimum atomic E-state index is -4.25. The molecule has 0 fully saturated rings. The van der Waals surface area contributed by atoms with Crippen molar-refractivity contribution in [3.63, 3.8) is 0 Å². The van der Waals surface area contributed by atoms with Crippen LogP contribution in [0.2, 0.25) is 0 Å². The molecule has 0 spiro atoms. The van der Waals surface area contributed by atoms with E-state index in [1.165, 1.54) is 17.7 Å². The molecule has 0 aliphatic heterocycles. The van der Waals surface area contributed by atoms with Crippen LogP contribution in [0.1, 0.15) is 5.56 Å². The summed E-state index contributed by atoms with van der Waals surface area (Å²) in [7, 11) is 0. The first kappa shape index (κ1) is 11.1. The van der Waals surface area contributed by atoms with Gasteiger partial charge in [0, 0.05) is 0 Å². The quantitative estimate of drug-likeness (QED) is 0.886. The fourth-order valence-electron chi connectivity index (χ4n) is 1.28. The van der Waals surface area contributed by atoms with Crippen molar-refractivity contribution in [2.45, 2.75) is 13.1 Å². The summed E-state index contributed by atoms with van der Waals surface area (Å²) in [6.45, 7) is 0.773. The molecule has 2 rings (SSSR count). The first-order chi connectivity index (χ1) is 7.47. The lowest BCUT2D eigenvalue weighted by atomic mass is 10.3. The lowest BCUT2D eigenvalue weighted by Crippen LogP contribution is -2.21. The molecule has 0 radical (unpaired) electrons. The van der Waals surface area contributed by atoms with E-state index in [4.69, 9.17) is 0 Å². The van der Waals surface area contributed by atoms with Gasteiger partial charge in [0.25, 0.3) is 0 Å². The van der Waals surface area contributed by atoms with Gasteiger partial charge in [0.05, 0.1) is 10.2 Å². The van der Waals surface area contributed by atoms with E-state index in [9.17, 15) is 13.2 Å². The van der Waals surface area contributed by atoms with Crippen molar-refractivity contribution in [3.05, 3.63) is 17.3 Å². The number of aryl methyl sites for hydroxylation is 1. The third-order valence-electron chi connectivity index (χ3n) is 1.99. The highest BCUT2D eigenvalue weighted by atomic mass is 32.1. The first-order valence-electron chi connectivity index (χ1n) is 4.47. The largest absolute Gasteiger partial charge is 0.405 e. The van der Waals surface area contributed by atoms with Gasteiger partial charge in [-0.2, -0.15) is 13.2 Å². The third-order valence-corrected chi connectivity index (χ3v) is 3.08. The van der Waals surface area contributed by atoms with Crippen molar-refractivity contribution in [2.75, 3.05) is 11.9 Å². The van der Waals surface area contributed by atoms with Crippen LogP contribution in [0.3, 0.4) is 0 Å². The maximum Gasteiger partial charge on any atom is 0.405 e. The van der Waals surface area contributed by atoms with Crippen LogP contribution in [0, 0.1) is 6.92 Å². The minimum absolute atomic E-state index is 0.237. The average molecular weight is 247 g/mol. The van der Waals surface area contributed by atoms with Gasteiger partial charge >= 0.3 is 6.18 Å². The number of hydrogen-bond donors (Lipinski definition) is 1. The average Bonchev–Trinajstić information content (AvgIpc) is 2.57. The fourth-order valence-corrected chi connectivity index (χ4v) is 2.25. The van der Waals surface area contributed by atoms with Gasteiger partial charge in [0.15, 0.2) is 0 Å². The van der Waals surface area contributed by atoms with Gasteiger partial charge in [-0.1, -0.05) is 0 Å². The minimum Gasteiger partial charge on any atom is -0.360 e. The van der Waals surface area contributed by atoms with E-state index in [0.29, 0.717) is 10.2 Å². The number of rotatable bonds is 2. The SMILES string of the molecule is Cc1csc2c(NCC(F)(F)F)ncnc12. The molecular formula is C9H8F3N3S. The Balaban J connectivity index is 2.31. The molecule has 0 atom stereocenters. The van der Waals surface area contributed by atoms with Crippen molar-refractivity contribution in [1.29, 1.82) is 0 Å². The number of halogens is 3. The van der Waals surface area contributed by atoms with Crippen molar-refractivity contribution < 1.29 is 13.2 Å². The predicted molar refractivity (Wildman–Crippen MR) is 56.7 cm³/mol. The summed E-state index contributed by atoms with van der Waals surface area (Å²) in [6, 6.07) is 0. The summed E-state index contributed by atoms with van der Waals surface area (Å²) < 4.78 is 36.8. The van der Waals surface area contributed by atoms with Crippen LogP contribution >= 0.6 is 11.3 Å². The fraction of sp³-hybridized carbons (Fsp3) is 0.333. The van der Waals surface area contributed by atoms with E-state index in [1.54, 1.807) is 0 Å². The lowest BCUT2D eigenvalue weighted by Gasteiger charge is -2.08. The van der Waals surface area contributed by atoms with Crippen LogP contribution in [0.15, 0.2) is 11.7 Å². The molecule has 2 heterocycles. The molecule has 2 aromatic rings. The molecule has 7 heteroatoms. The normalized spacial score (nSPS) is 12.0. The number of nitrogens with one attached hydrogen (secondary N) is 1. The zero-order valence-corrected chi connectivity index (χ0v) is 9.11. The molecule has 0 bridgehead atoms. The van der Waals surface area contributed by atoms with Gasteiger partial charge in [-0.3, -0.25) is 0 Å². The predicted octanol–water partition coefficient (Wildman–Crippen LogP) is 2.97. The summed E-state index contributed by atoms with van der Waals surface area (Å²) in [5.41, 5.74) is 1.64. The molecule has 0 aromatic carbocycles. The van der Waals surface area contributed by atoms with E-state index >= 15 is 0 Å². The van der Waals surface area contributed by atoms with Crippen LogP contribution < -0.4 is 5.32 Å². The molecule has 16 heavy (non-hydrogen) atoms. The van der Waals surface area contributed by atoms with Crippen LogP contribution in [-0.4, -0.2) is 22.7 Å². The molecule has 3 nitrogen and oxygen atoms in total. The van der Waals surface area contributed by atoms with E-state index in [-0.39, 0.29) is 5.82 Å². The van der Waals surface area contributed by atoms with E-state index < -0.39 is 12.7 Å². The molecule has 0 amide bonds. The number of aromatic nitrogens is 2. The topological polar surface area (TPSA) is 37.8 Å². The molecular weight excluding hydrogens is 239 g/mol. The summed E-state index contributed by atoms with van der Waals surface area (Å²) >= 11 is 1.34. The third kappa shape index (κ3) is 2.24. The highest BCUT2D eigenvalue weighted by molar-refractivity contribution is 7.18. The molecule has 0 saturated carbocycles. The molecule has 0 saturated heterocycles. The molecule has 0 aliphatic rings. The van der Waals surface area contributed by atoms with Crippen molar-refractivity contribution >= 4 is 27.4 Å². The molecule has 86 valence electrons. The van der Waals surface area contributed by atoms with Crippen molar-refractivity contribution in [1.82, 2.24) is 9.97 Å². The van der Waals surface area contributed by atoms with E-state index in [1.807, 2.05) is 12.3 Å². The van der Waals surface area contributed by atoms with E-state index in [0.717, 1.165) is 5.56 Å². The summed E-state index contributed by atoms with van der Waals surface area (Å²) in [5.74, 6) is 0.237. The van der Waals surface area contributed by atoms with Gasteiger partial charge < -0.3 is 5.32 Å². The number of alkyl halides is 3. The second-order valence-corrected chi connectivity index (χ2v) is 4.17. The Kier molecular flexibility index (Phi) is 2.71. The molecule has 2 aromatic heterocycles. The number of nitrogens with zero attached hydrogens (tertiary/aromatic N) is 2. The Morgan fingerprint density at radius 3 is 2.81 bits per heavy atom. The Bertz CT molecular complexity index is 506. The van der Waals surface area contributed by atoms with Crippen LogP contribution in [0.5, 0.6) is 0 Å². The van der Waals surface area contributed by atoms with Crippen LogP contribution in [0.4, 0.5) is 19.0 Å². The first-order valence-corrected chi connectivity index (χ1v) is 5.35. The molecule has 0 aliphatic carbocycles. The van der Waals surface area contributed by atoms with Crippen molar-refractivity contribution in [2.24, 2.45) is 0 Å². The molecule has 1 N–H and O–H groups in total. The summed E-state index contributed by atoms with van der Waals surface area (Å²) in [6.07, 6.45) is -2.98. The second-order valence-electron chi connectivity index (χ2n) is 3.29. The number of thiophene rings is 1. The smallest absolute Gasteiger partial charge is 0.360 e. The van der Waals surface area contributed by atoms with Gasteiger partial charge in [0.1, 0.15) is 18.7 Å². The highest BCUT2D eigenvalue weighted by Crippen LogP contribution is 2.29. The monoisotopic (exact) mass is 247 g/mol. The van der Waals surface area contributed by atoms with Gasteiger partial charge in [0.2, 0.25) is 0 Å². The number of anilines is 1. The number of hydrogen-bond acceptors (Lipinski definition) is 4. The maximum atomic E-state index is 12.0. The highest BCUT2D eigenvalue weighted by Gasteiger charge is 2.27. The molecule has 0 unspecified atom stereocenters. The maximum absolute atomic E-state index is 12.0. The Morgan fingerprint density at radius 1 is 1.38 bits per heavy atom. The Labute approximate surface area is 93.3 Å². The zero-order chi connectivity index (χ0) is 11.8. The van der Waals surface area contributed by atoms with E-state index in [2.05, 4.69) is 15.3 Å². The van der Waals surface area contributed by atoms with Gasteiger partial charge in [-0.05, 0) is 17.9 Å². The van der Waals surface area contributed by atoms with Gasteiger partial charge in [-0.25, -0.2) is 9.97 Å². The summed E-state index contributed by atoms with van der Waals surface area (Å²) in [5, 5.41) is 4.12. The lowest BCUT2D eigenvalue weighted by molar-refractivity contribution is -0.115. The summed E-state index contributed by atoms with van der Waals surface area (Å²) in [4.78, 5) is 7.84. The van der Waals surface area contributed by atoms with Crippen LogP contribution in [-0.2, 0) is 0 Å². The second kappa shape index (κ2) is 3.89.